The van der Waals surface area contributed by atoms with Crippen LogP contribution in [-0.2, 0) is 9.53 Å². The number of pyridine rings is 1. The highest BCUT2D eigenvalue weighted by molar-refractivity contribution is 6.18. The summed E-state index contributed by atoms with van der Waals surface area (Å²) in [5, 5.41) is 0. The molecule has 1 atom stereocenters. The van der Waals surface area contributed by atoms with Gasteiger partial charge in [0, 0.05) is 6.07 Å². The predicted octanol–water partition coefficient (Wildman–Crippen LogP) is 2.22. The fraction of sp³-hybridized carbons (Fsp3) is 0.412. The largest absolute Gasteiger partial charge is 0.473 e. The van der Waals surface area contributed by atoms with Gasteiger partial charge in [0.15, 0.2) is 5.82 Å². The van der Waals surface area contributed by atoms with Crippen molar-refractivity contribution in [3.05, 3.63) is 30.4 Å². The van der Waals surface area contributed by atoms with Crippen LogP contribution in [0.3, 0.4) is 0 Å². The molecular weight excluding hydrogens is 310 g/mol. The molecule has 1 unspecified atom stereocenters. The molecule has 2 rings (SSSR count). The average molecular weight is 331 g/mol. The summed E-state index contributed by atoms with van der Waals surface area (Å²) >= 11 is 0. The van der Waals surface area contributed by atoms with Gasteiger partial charge in [-0.15, -0.1) is 0 Å². The lowest BCUT2D eigenvalue weighted by Crippen LogP contribution is -2.43. The Labute approximate surface area is 141 Å². The molecule has 0 N–H and O–H groups in total. The van der Waals surface area contributed by atoms with Gasteiger partial charge in [0.1, 0.15) is 17.7 Å². The Morgan fingerprint density at radius 3 is 2.71 bits per heavy atom. The van der Waals surface area contributed by atoms with Gasteiger partial charge in [-0.2, -0.15) is 4.98 Å². The molecular formula is C17H21N3O4. The fourth-order valence-corrected chi connectivity index (χ4v) is 2.18. The molecule has 0 fully saturated rings. The van der Waals surface area contributed by atoms with E-state index in [1.165, 1.54) is 24.4 Å². The van der Waals surface area contributed by atoms with E-state index in [0.717, 1.165) is 0 Å². The first-order valence-electron chi connectivity index (χ1n) is 7.57. The van der Waals surface area contributed by atoms with Crippen LogP contribution < -0.4 is 9.64 Å². The normalized spacial score (nSPS) is 19.7. The number of hydrogen-bond donors (Lipinski definition) is 0. The first-order valence-corrected chi connectivity index (χ1v) is 7.57. The van der Waals surface area contributed by atoms with Crippen molar-refractivity contribution in [3.63, 3.8) is 0 Å². The summed E-state index contributed by atoms with van der Waals surface area (Å²) in [5.74, 6) is -0.436. The standard InChI is InChI=1S/C17H21N3O4/c1-6-9-24-13-8-7-12(15(21)23-5)14(19-13)20-10-18-17(4,11(2)3)16(20)22/h6-8,10-11H,1,9H2,2-5H3. The Morgan fingerprint density at radius 2 is 2.17 bits per heavy atom. The van der Waals surface area contributed by atoms with Crippen LogP contribution in [0, 0.1) is 5.92 Å². The van der Waals surface area contributed by atoms with Crippen molar-refractivity contribution < 1.29 is 19.1 Å². The van der Waals surface area contributed by atoms with Gasteiger partial charge in [0.25, 0.3) is 5.91 Å². The first-order chi connectivity index (χ1) is 11.3. The highest BCUT2D eigenvalue weighted by Crippen LogP contribution is 2.32. The van der Waals surface area contributed by atoms with Crippen LogP contribution >= 0.6 is 0 Å². The summed E-state index contributed by atoms with van der Waals surface area (Å²) in [6.07, 6.45) is 2.97. The lowest BCUT2D eigenvalue weighted by atomic mass is 9.89. The van der Waals surface area contributed by atoms with E-state index >= 15 is 0 Å². The molecule has 24 heavy (non-hydrogen) atoms. The number of methoxy groups -OCH3 is 1. The number of hydrogen-bond acceptors (Lipinski definition) is 6. The SMILES string of the molecule is C=CCOc1ccc(C(=O)OC)c(N2C=NC(C)(C(C)C)C2=O)n1. The molecule has 1 amide bonds. The van der Waals surface area contributed by atoms with Gasteiger partial charge in [-0.25, -0.2) is 4.79 Å². The van der Waals surface area contributed by atoms with E-state index in [2.05, 4.69) is 16.6 Å². The van der Waals surface area contributed by atoms with E-state index in [4.69, 9.17) is 9.47 Å². The maximum absolute atomic E-state index is 12.8. The Morgan fingerprint density at radius 1 is 1.46 bits per heavy atom. The lowest BCUT2D eigenvalue weighted by Gasteiger charge is -2.25. The number of amides is 1. The topological polar surface area (TPSA) is 81.1 Å². The number of rotatable bonds is 6. The molecule has 2 heterocycles. The van der Waals surface area contributed by atoms with Gasteiger partial charge >= 0.3 is 5.97 Å². The number of anilines is 1. The Bertz CT molecular complexity index is 699. The zero-order valence-electron chi connectivity index (χ0n) is 14.3. The van der Waals surface area contributed by atoms with E-state index in [0.29, 0.717) is 0 Å². The Balaban J connectivity index is 2.47. The molecule has 0 aromatic carbocycles. The van der Waals surface area contributed by atoms with Gasteiger partial charge in [0.05, 0.1) is 13.4 Å². The molecule has 1 aliphatic rings. The third-order valence-electron chi connectivity index (χ3n) is 4.05. The molecule has 0 bridgehead atoms. The van der Waals surface area contributed by atoms with Crippen molar-refractivity contribution in [3.8, 4) is 5.88 Å². The van der Waals surface area contributed by atoms with E-state index in [1.807, 2.05) is 13.8 Å². The van der Waals surface area contributed by atoms with Crippen LogP contribution in [-0.4, -0.2) is 42.5 Å². The van der Waals surface area contributed by atoms with Crippen molar-refractivity contribution >= 4 is 24.0 Å². The molecule has 0 saturated heterocycles. The third-order valence-corrected chi connectivity index (χ3v) is 4.05. The van der Waals surface area contributed by atoms with E-state index in [-0.39, 0.29) is 35.7 Å². The van der Waals surface area contributed by atoms with Gasteiger partial charge in [-0.3, -0.25) is 14.7 Å². The van der Waals surface area contributed by atoms with Crippen molar-refractivity contribution in [2.24, 2.45) is 10.9 Å². The second-order valence-corrected chi connectivity index (χ2v) is 5.83. The summed E-state index contributed by atoms with van der Waals surface area (Å²) < 4.78 is 10.2. The van der Waals surface area contributed by atoms with Crippen molar-refractivity contribution in [1.29, 1.82) is 0 Å². The van der Waals surface area contributed by atoms with Crippen LogP contribution in [0.5, 0.6) is 5.88 Å². The zero-order chi connectivity index (χ0) is 17.9. The molecule has 0 spiro atoms. The zero-order valence-corrected chi connectivity index (χ0v) is 14.3. The Kier molecular flexibility index (Phi) is 5.02. The second-order valence-electron chi connectivity index (χ2n) is 5.83. The molecule has 128 valence electrons. The smallest absolute Gasteiger partial charge is 0.341 e. The maximum atomic E-state index is 12.8. The fourth-order valence-electron chi connectivity index (χ4n) is 2.18. The minimum atomic E-state index is -0.896. The van der Waals surface area contributed by atoms with Crippen molar-refractivity contribution in [1.82, 2.24) is 4.98 Å². The molecule has 0 aliphatic carbocycles. The first kappa shape index (κ1) is 17.7. The molecule has 7 nitrogen and oxygen atoms in total. The van der Waals surface area contributed by atoms with Crippen LogP contribution in [0.1, 0.15) is 31.1 Å². The summed E-state index contributed by atoms with van der Waals surface area (Å²) in [7, 11) is 1.27. The third kappa shape index (κ3) is 3.02. The van der Waals surface area contributed by atoms with Gasteiger partial charge in [-0.1, -0.05) is 26.5 Å². The number of aliphatic imine (C=N–C) groups is 1. The van der Waals surface area contributed by atoms with Crippen LogP contribution in [0.15, 0.2) is 29.8 Å². The number of carbonyl (C=O) groups excluding carboxylic acids is 2. The predicted molar refractivity (Wildman–Crippen MR) is 90.5 cm³/mol. The molecule has 0 radical (unpaired) electrons. The van der Waals surface area contributed by atoms with Crippen molar-refractivity contribution in [2.45, 2.75) is 26.3 Å². The number of carbonyl (C=O) groups is 2. The van der Waals surface area contributed by atoms with Gasteiger partial charge in [0.2, 0.25) is 5.88 Å². The van der Waals surface area contributed by atoms with Gasteiger partial charge in [-0.05, 0) is 18.9 Å². The molecule has 0 saturated carbocycles. The van der Waals surface area contributed by atoms with E-state index in [9.17, 15) is 9.59 Å². The minimum Gasteiger partial charge on any atom is -0.473 e. The summed E-state index contributed by atoms with van der Waals surface area (Å²) in [6, 6.07) is 3.05. The molecule has 1 aromatic heterocycles. The highest BCUT2D eigenvalue weighted by Gasteiger charge is 2.45. The molecule has 1 aliphatic heterocycles. The monoisotopic (exact) mass is 331 g/mol. The molecule has 7 heteroatoms. The van der Waals surface area contributed by atoms with E-state index in [1.54, 1.807) is 19.1 Å². The van der Waals surface area contributed by atoms with Crippen molar-refractivity contribution in [2.75, 3.05) is 18.6 Å². The van der Waals surface area contributed by atoms with Crippen LogP contribution in [0.2, 0.25) is 0 Å². The minimum absolute atomic E-state index is 0.00646. The quantitative estimate of drug-likeness (QED) is 0.590. The number of nitrogens with zero attached hydrogens (tertiary/aromatic N) is 3. The molecule has 1 aromatic rings. The summed E-state index contributed by atoms with van der Waals surface area (Å²) in [5.41, 5.74) is -0.733. The Hall–Kier alpha value is -2.70. The second kappa shape index (κ2) is 6.82. The maximum Gasteiger partial charge on any atom is 0.341 e. The number of ether oxygens (including phenoxy) is 2. The highest BCUT2D eigenvalue weighted by atomic mass is 16.5. The number of aromatic nitrogens is 1. The lowest BCUT2D eigenvalue weighted by molar-refractivity contribution is -0.122. The van der Waals surface area contributed by atoms with Crippen LogP contribution in [0.25, 0.3) is 0 Å². The van der Waals surface area contributed by atoms with Gasteiger partial charge < -0.3 is 9.47 Å². The summed E-state index contributed by atoms with van der Waals surface area (Å²) in [4.78, 5) is 34.7. The number of esters is 1. The van der Waals surface area contributed by atoms with E-state index < -0.39 is 11.5 Å². The summed E-state index contributed by atoms with van der Waals surface area (Å²) in [6.45, 7) is 9.42. The average Bonchev–Trinajstić information content (AvgIpc) is 2.88. The van der Waals surface area contributed by atoms with Crippen LogP contribution in [0.4, 0.5) is 5.82 Å².